The number of likely N-dealkylation sites (tertiary alicyclic amines) is 1. The summed E-state index contributed by atoms with van der Waals surface area (Å²) in [7, 11) is 3.56. The van der Waals surface area contributed by atoms with Crippen molar-refractivity contribution in [3.8, 4) is 0 Å². The molecule has 2 atom stereocenters. The summed E-state index contributed by atoms with van der Waals surface area (Å²) in [6.45, 7) is 6.88. The van der Waals surface area contributed by atoms with Crippen LogP contribution in [0.4, 0.5) is 4.79 Å². The van der Waals surface area contributed by atoms with Gasteiger partial charge < -0.3 is 19.7 Å². The molecule has 0 bridgehead atoms. The molecule has 5 nitrogen and oxygen atoms in total. The molecule has 0 aromatic carbocycles. The smallest absolute Gasteiger partial charge is 0.410 e. The zero-order valence-electron chi connectivity index (χ0n) is 11.4. The molecule has 1 fully saturated rings. The molecule has 5 heteroatoms. The first-order chi connectivity index (χ1) is 7.89. The number of amides is 1. The SMILES string of the molecule is CNC1CCN(C(=O)OC(C)(C)C)C1COC. The molecule has 1 amide bonds. The highest BCUT2D eigenvalue weighted by atomic mass is 16.6. The lowest BCUT2D eigenvalue weighted by molar-refractivity contribution is 0.0130. The van der Waals surface area contributed by atoms with E-state index in [-0.39, 0.29) is 18.2 Å². The Balaban J connectivity index is 2.66. The van der Waals surface area contributed by atoms with Gasteiger partial charge >= 0.3 is 6.09 Å². The van der Waals surface area contributed by atoms with Gasteiger partial charge in [0.05, 0.1) is 12.6 Å². The Hall–Kier alpha value is -0.810. The number of nitrogens with one attached hydrogen (secondary N) is 1. The average Bonchev–Trinajstić information content (AvgIpc) is 2.59. The predicted molar refractivity (Wildman–Crippen MR) is 66.1 cm³/mol. The molecule has 0 aromatic rings. The maximum Gasteiger partial charge on any atom is 0.410 e. The van der Waals surface area contributed by atoms with E-state index in [0.717, 1.165) is 6.42 Å². The second-order valence-corrected chi connectivity index (χ2v) is 5.38. The van der Waals surface area contributed by atoms with Crippen molar-refractivity contribution >= 4 is 6.09 Å². The van der Waals surface area contributed by atoms with E-state index >= 15 is 0 Å². The van der Waals surface area contributed by atoms with Crippen molar-refractivity contribution in [2.75, 3.05) is 27.3 Å². The first kappa shape index (κ1) is 14.3. The first-order valence-corrected chi connectivity index (χ1v) is 6.05. The maximum atomic E-state index is 12.0. The van der Waals surface area contributed by atoms with Crippen LogP contribution < -0.4 is 5.32 Å². The molecular weight excluding hydrogens is 220 g/mol. The van der Waals surface area contributed by atoms with Gasteiger partial charge in [0.15, 0.2) is 0 Å². The fourth-order valence-electron chi connectivity index (χ4n) is 2.11. The molecular formula is C12H24N2O3. The van der Waals surface area contributed by atoms with Crippen LogP contribution in [0.5, 0.6) is 0 Å². The third-order valence-corrected chi connectivity index (χ3v) is 2.88. The second kappa shape index (κ2) is 5.69. The second-order valence-electron chi connectivity index (χ2n) is 5.38. The van der Waals surface area contributed by atoms with Crippen molar-refractivity contribution in [2.45, 2.75) is 44.9 Å². The first-order valence-electron chi connectivity index (χ1n) is 6.05. The predicted octanol–water partition coefficient (Wildman–Crippen LogP) is 1.23. The van der Waals surface area contributed by atoms with Gasteiger partial charge in [-0.05, 0) is 34.2 Å². The summed E-state index contributed by atoms with van der Waals surface area (Å²) in [5.74, 6) is 0. The third kappa shape index (κ3) is 3.85. The van der Waals surface area contributed by atoms with E-state index in [1.54, 1.807) is 12.0 Å². The molecule has 2 unspecified atom stereocenters. The van der Waals surface area contributed by atoms with Crippen LogP contribution in [0.1, 0.15) is 27.2 Å². The van der Waals surface area contributed by atoms with E-state index in [1.807, 2.05) is 27.8 Å². The Morgan fingerprint density at radius 1 is 1.47 bits per heavy atom. The highest BCUT2D eigenvalue weighted by Gasteiger charge is 2.38. The highest BCUT2D eigenvalue weighted by molar-refractivity contribution is 5.69. The van der Waals surface area contributed by atoms with Crippen molar-refractivity contribution in [3.63, 3.8) is 0 Å². The largest absolute Gasteiger partial charge is 0.444 e. The van der Waals surface area contributed by atoms with Crippen LogP contribution in [0.3, 0.4) is 0 Å². The van der Waals surface area contributed by atoms with Crippen LogP contribution in [0, 0.1) is 0 Å². The number of hydrogen-bond acceptors (Lipinski definition) is 4. The van der Waals surface area contributed by atoms with Crippen molar-refractivity contribution in [1.82, 2.24) is 10.2 Å². The van der Waals surface area contributed by atoms with Crippen molar-refractivity contribution in [1.29, 1.82) is 0 Å². The number of carbonyl (C=O) groups excluding carboxylic acids is 1. The van der Waals surface area contributed by atoms with Crippen LogP contribution in [-0.4, -0.2) is 56.0 Å². The minimum atomic E-state index is -0.452. The van der Waals surface area contributed by atoms with Gasteiger partial charge in [0, 0.05) is 19.7 Å². The summed E-state index contributed by atoms with van der Waals surface area (Å²) in [6.07, 6.45) is 0.682. The molecule has 0 radical (unpaired) electrons. The summed E-state index contributed by atoms with van der Waals surface area (Å²) >= 11 is 0. The van der Waals surface area contributed by atoms with Gasteiger partial charge in [0.1, 0.15) is 5.60 Å². The summed E-state index contributed by atoms with van der Waals surface area (Å²) < 4.78 is 10.6. The van der Waals surface area contributed by atoms with Gasteiger partial charge in [-0.15, -0.1) is 0 Å². The Kier molecular flexibility index (Phi) is 4.77. The van der Waals surface area contributed by atoms with E-state index in [2.05, 4.69) is 5.32 Å². The van der Waals surface area contributed by atoms with E-state index in [4.69, 9.17) is 9.47 Å². The minimum Gasteiger partial charge on any atom is -0.444 e. The Morgan fingerprint density at radius 3 is 2.59 bits per heavy atom. The van der Waals surface area contributed by atoms with E-state index in [1.165, 1.54) is 0 Å². The molecule has 1 N–H and O–H groups in total. The number of ether oxygens (including phenoxy) is 2. The van der Waals surface area contributed by atoms with Crippen molar-refractivity contribution < 1.29 is 14.3 Å². The summed E-state index contributed by atoms with van der Waals surface area (Å²) in [4.78, 5) is 13.8. The molecule has 0 spiro atoms. The minimum absolute atomic E-state index is 0.0554. The standard InChI is InChI=1S/C12H24N2O3/c1-12(2,3)17-11(15)14-7-6-9(13-4)10(14)8-16-5/h9-10,13H,6-8H2,1-5H3. The van der Waals surface area contributed by atoms with Gasteiger partial charge in [-0.3, -0.25) is 0 Å². The maximum absolute atomic E-state index is 12.0. The van der Waals surface area contributed by atoms with Gasteiger partial charge in [0.2, 0.25) is 0 Å². The normalized spacial score (nSPS) is 25.1. The number of rotatable bonds is 3. The Labute approximate surface area is 103 Å². The Bertz CT molecular complexity index is 263. The lowest BCUT2D eigenvalue weighted by Gasteiger charge is -2.30. The summed E-state index contributed by atoms with van der Waals surface area (Å²) in [5.41, 5.74) is -0.452. The molecule has 1 aliphatic rings. The van der Waals surface area contributed by atoms with Crippen LogP contribution in [0.15, 0.2) is 0 Å². The summed E-state index contributed by atoms with van der Waals surface area (Å²) in [5, 5.41) is 3.22. The number of hydrogen-bond donors (Lipinski definition) is 1. The van der Waals surface area contributed by atoms with Gasteiger partial charge in [-0.1, -0.05) is 0 Å². The molecule has 17 heavy (non-hydrogen) atoms. The lowest BCUT2D eigenvalue weighted by Crippen LogP contribution is -2.48. The number of carbonyl (C=O) groups is 1. The van der Waals surface area contributed by atoms with Crippen LogP contribution in [-0.2, 0) is 9.47 Å². The molecule has 0 saturated carbocycles. The zero-order chi connectivity index (χ0) is 13.1. The Morgan fingerprint density at radius 2 is 2.12 bits per heavy atom. The van der Waals surface area contributed by atoms with Gasteiger partial charge in [-0.2, -0.15) is 0 Å². The fourth-order valence-corrected chi connectivity index (χ4v) is 2.11. The molecule has 1 aliphatic heterocycles. The molecule has 1 saturated heterocycles. The fraction of sp³-hybridized carbons (Fsp3) is 0.917. The van der Waals surface area contributed by atoms with Crippen LogP contribution in [0.2, 0.25) is 0 Å². The molecule has 1 rings (SSSR count). The van der Waals surface area contributed by atoms with Gasteiger partial charge in [0.25, 0.3) is 0 Å². The quantitative estimate of drug-likeness (QED) is 0.811. The van der Waals surface area contributed by atoms with Crippen LogP contribution >= 0.6 is 0 Å². The molecule has 100 valence electrons. The number of nitrogens with zero attached hydrogens (tertiary/aromatic N) is 1. The zero-order valence-corrected chi connectivity index (χ0v) is 11.4. The summed E-state index contributed by atoms with van der Waals surface area (Å²) in [6, 6.07) is 0.335. The van der Waals surface area contributed by atoms with E-state index < -0.39 is 5.60 Å². The van der Waals surface area contributed by atoms with Gasteiger partial charge in [-0.25, -0.2) is 4.79 Å². The molecule has 0 aliphatic carbocycles. The molecule has 0 aromatic heterocycles. The van der Waals surface area contributed by atoms with Crippen molar-refractivity contribution in [3.05, 3.63) is 0 Å². The van der Waals surface area contributed by atoms with Crippen molar-refractivity contribution in [2.24, 2.45) is 0 Å². The topological polar surface area (TPSA) is 50.8 Å². The molecule has 1 heterocycles. The number of methoxy groups -OCH3 is 1. The van der Waals surface area contributed by atoms with E-state index in [0.29, 0.717) is 13.2 Å². The third-order valence-electron chi connectivity index (χ3n) is 2.88. The van der Waals surface area contributed by atoms with E-state index in [9.17, 15) is 4.79 Å². The lowest BCUT2D eigenvalue weighted by atomic mass is 10.1. The average molecular weight is 244 g/mol. The monoisotopic (exact) mass is 244 g/mol. The highest BCUT2D eigenvalue weighted by Crippen LogP contribution is 2.21. The van der Waals surface area contributed by atoms with Crippen LogP contribution in [0.25, 0.3) is 0 Å². The number of likely N-dealkylation sites (N-methyl/N-ethyl adjacent to an activating group) is 1.